The molecule has 5 atom stereocenters. The number of amides is 3. The number of likely N-dealkylation sites (tertiary alicyclic amines) is 1. The van der Waals surface area contributed by atoms with Gasteiger partial charge in [-0.15, -0.1) is 21.5 Å². The minimum Gasteiger partial charge on any atom is -0.507 e. The number of para-hydroxylation sites is 1. The van der Waals surface area contributed by atoms with Crippen molar-refractivity contribution in [2.75, 3.05) is 35.2 Å². The molecule has 9 rings (SSSR count). The molecule has 352 valence electrons. The lowest BCUT2D eigenvalue weighted by molar-refractivity contribution is -0.144. The van der Waals surface area contributed by atoms with Crippen LogP contribution in [-0.2, 0) is 27.3 Å². The number of aromatic hydroxyl groups is 1. The Morgan fingerprint density at radius 1 is 0.868 bits per heavy atom. The number of nitrogen functional groups attached to an aromatic ring is 1. The second-order valence-electron chi connectivity index (χ2n) is 19.3. The Balaban J connectivity index is 0.812. The van der Waals surface area contributed by atoms with Crippen molar-refractivity contribution in [3.63, 3.8) is 0 Å². The quantitative estimate of drug-likeness (QED) is 0.0977. The Hall–Kier alpha value is -6.98. The van der Waals surface area contributed by atoms with Crippen LogP contribution in [0.25, 0.3) is 32.8 Å². The number of phenols is 1. The summed E-state index contributed by atoms with van der Waals surface area (Å²) in [5, 5.41) is 35.6. The summed E-state index contributed by atoms with van der Waals surface area (Å²) in [4.78, 5) is 62.6. The molecule has 3 aromatic carbocycles. The van der Waals surface area contributed by atoms with E-state index in [1.807, 2.05) is 113 Å². The first-order valence-corrected chi connectivity index (χ1v) is 23.9. The SMILES string of the molecule is Cc1cc(CC(=O)N[C@H](C(=O)N2C[C@H](O)C[C@H]2C(=O)NCc2ccc(-c3scnc3C)cc2)C(C)(C)C)ccc1-c1cnc(N2C3CCC2CN(c2cc(-c4ccccc4O)nnc2N)C3)nc1. The molecule has 3 saturated heterocycles. The zero-order chi connectivity index (χ0) is 47.9. The molecule has 0 spiro atoms. The minimum atomic E-state index is -0.943. The number of rotatable bonds is 12. The van der Waals surface area contributed by atoms with Crippen LogP contribution in [0.5, 0.6) is 5.75 Å². The summed E-state index contributed by atoms with van der Waals surface area (Å²) in [6.45, 7) is 11.3. The molecular weight excluding hydrogens is 879 g/mol. The van der Waals surface area contributed by atoms with Crippen LogP contribution in [0.4, 0.5) is 17.5 Å². The number of aromatic nitrogens is 5. The average molecular weight is 936 g/mol. The van der Waals surface area contributed by atoms with Crippen molar-refractivity contribution in [1.29, 1.82) is 0 Å². The fourth-order valence-corrected chi connectivity index (χ4v) is 10.6. The predicted molar refractivity (Wildman–Crippen MR) is 263 cm³/mol. The van der Waals surface area contributed by atoms with Gasteiger partial charge in [-0.25, -0.2) is 15.0 Å². The van der Waals surface area contributed by atoms with E-state index in [0.717, 1.165) is 62.5 Å². The highest BCUT2D eigenvalue weighted by molar-refractivity contribution is 7.13. The van der Waals surface area contributed by atoms with E-state index in [0.29, 0.717) is 36.1 Å². The Kier molecular flexibility index (Phi) is 12.9. The highest BCUT2D eigenvalue weighted by Crippen LogP contribution is 2.39. The zero-order valence-corrected chi connectivity index (χ0v) is 39.7. The monoisotopic (exact) mass is 935 g/mol. The van der Waals surface area contributed by atoms with Crippen molar-refractivity contribution in [2.24, 2.45) is 5.41 Å². The van der Waals surface area contributed by atoms with Gasteiger partial charge in [-0.3, -0.25) is 14.4 Å². The van der Waals surface area contributed by atoms with E-state index in [1.165, 1.54) is 4.90 Å². The second-order valence-corrected chi connectivity index (χ2v) is 20.1. The third kappa shape index (κ3) is 9.58. The molecule has 3 aromatic heterocycles. The maximum Gasteiger partial charge on any atom is 0.246 e. The number of thiazole rings is 1. The van der Waals surface area contributed by atoms with Crippen LogP contribution in [0, 0.1) is 19.3 Å². The lowest BCUT2D eigenvalue weighted by Crippen LogP contribution is -2.58. The molecule has 68 heavy (non-hydrogen) atoms. The van der Waals surface area contributed by atoms with Crippen LogP contribution in [-0.4, -0.2) is 108 Å². The van der Waals surface area contributed by atoms with Crippen molar-refractivity contribution in [3.05, 3.63) is 113 Å². The number of carbonyl (C=O) groups is 3. The molecule has 3 aliphatic heterocycles. The summed E-state index contributed by atoms with van der Waals surface area (Å²) in [5.74, 6) is 0.0515. The number of hydrogen-bond donors (Lipinski definition) is 5. The topological polar surface area (TPSA) is 216 Å². The highest BCUT2D eigenvalue weighted by Gasteiger charge is 2.45. The van der Waals surface area contributed by atoms with E-state index >= 15 is 0 Å². The Bertz CT molecular complexity index is 2820. The Morgan fingerprint density at radius 2 is 1.57 bits per heavy atom. The number of nitrogens with two attached hydrogens (primary N) is 1. The molecule has 6 heterocycles. The van der Waals surface area contributed by atoms with Crippen LogP contribution < -0.4 is 26.2 Å². The number of nitrogens with one attached hydrogen (secondary N) is 2. The summed E-state index contributed by atoms with van der Waals surface area (Å²) in [5.41, 5.74) is 15.9. The maximum absolute atomic E-state index is 14.2. The summed E-state index contributed by atoms with van der Waals surface area (Å²) in [7, 11) is 0. The summed E-state index contributed by atoms with van der Waals surface area (Å²) < 4.78 is 0. The van der Waals surface area contributed by atoms with Crippen LogP contribution in [0.2, 0.25) is 0 Å². The number of aryl methyl sites for hydroxylation is 2. The molecule has 2 unspecified atom stereocenters. The molecule has 17 heteroatoms. The van der Waals surface area contributed by atoms with Gasteiger partial charge in [0.05, 0.1) is 40.0 Å². The fourth-order valence-electron chi connectivity index (χ4n) is 9.82. The van der Waals surface area contributed by atoms with Crippen molar-refractivity contribution in [3.8, 4) is 38.6 Å². The van der Waals surface area contributed by atoms with Gasteiger partial charge in [0, 0.05) is 68.2 Å². The van der Waals surface area contributed by atoms with Crippen LogP contribution in [0.1, 0.15) is 62.4 Å². The molecule has 0 radical (unpaired) electrons. The van der Waals surface area contributed by atoms with Gasteiger partial charge in [-0.1, -0.05) is 75.4 Å². The predicted octanol–water partition coefficient (Wildman–Crippen LogP) is 5.84. The number of phenolic OH excluding ortho intramolecular Hbond substituents is 1. The maximum atomic E-state index is 14.2. The normalized spacial score (nSPS) is 19.5. The molecule has 0 saturated carbocycles. The highest BCUT2D eigenvalue weighted by atomic mass is 32.1. The van der Waals surface area contributed by atoms with Gasteiger partial charge in [0.1, 0.15) is 17.8 Å². The molecule has 3 aliphatic rings. The number of nitrogens with zero attached hydrogens (tertiary/aromatic N) is 8. The minimum absolute atomic E-state index is 0.00512. The zero-order valence-electron chi connectivity index (χ0n) is 38.9. The first-order valence-electron chi connectivity index (χ1n) is 23.0. The van der Waals surface area contributed by atoms with E-state index in [2.05, 4.69) is 35.6 Å². The number of anilines is 3. The molecule has 6 aromatic rings. The van der Waals surface area contributed by atoms with Gasteiger partial charge < -0.3 is 41.3 Å². The van der Waals surface area contributed by atoms with Gasteiger partial charge in [0.2, 0.25) is 23.7 Å². The summed E-state index contributed by atoms with van der Waals surface area (Å²) in [6.07, 6.45) is 4.94. The van der Waals surface area contributed by atoms with Crippen molar-refractivity contribution in [1.82, 2.24) is 40.7 Å². The third-order valence-electron chi connectivity index (χ3n) is 13.4. The average Bonchev–Trinajstić information content (AvgIpc) is 4.01. The largest absolute Gasteiger partial charge is 0.507 e. The van der Waals surface area contributed by atoms with Crippen LogP contribution in [0.3, 0.4) is 0 Å². The van der Waals surface area contributed by atoms with Gasteiger partial charge in [0.25, 0.3) is 0 Å². The van der Waals surface area contributed by atoms with Crippen LogP contribution in [0.15, 0.2) is 90.7 Å². The van der Waals surface area contributed by atoms with Gasteiger partial charge in [-0.05, 0) is 78.1 Å². The van der Waals surface area contributed by atoms with E-state index in [1.54, 1.807) is 23.5 Å². The molecule has 0 aliphatic carbocycles. The number of piperazine rings is 1. The molecule has 16 nitrogen and oxygen atoms in total. The lowest BCUT2D eigenvalue weighted by atomic mass is 9.85. The van der Waals surface area contributed by atoms with E-state index < -0.39 is 29.5 Å². The third-order valence-corrected chi connectivity index (χ3v) is 14.3. The lowest BCUT2D eigenvalue weighted by Gasteiger charge is -2.42. The molecular formula is C51H57N11O5S. The molecule has 6 N–H and O–H groups in total. The molecule has 3 amide bonds. The number of fused-ring (bicyclic) bond motifs is 2. The standard InChI is InChI=1S/C51H57N11O5S/c1-29-18-32(19-44(65)57-46(51(3,4)5)49(67)61-27-37(63)20-42(61)48(66)53-22-31-10-13-33(14-11-31)45-30(2)56-28-68-45)12-17-38(29)34-23-54-50(55-24-34)62-35-15-16-36(62)26-60(25-35)41-21-40(58-59-47(41)52)39-8-6-7-9-43(39)64/h6-14,17-18,21,23-24,28,35-37,42,46,63-64H,15-16,19-20,22,25-27H2,1-5H3,(H2,52,59)(H,53,66)(H,57,65)/t35?,36?,37-,42+,46-/m1/s1. The van der Waals surface area contributed by atoms with E-state index in [4.69, 9.17) is 15.7 Å². The van der Waals surface area contributed by atoms with Crippen LogP contribution >= 0.6 is 11.3 Å². The van der Waals surface area contributed by atoms with Crippen molar-refractivity contribution >= 4 is 46.5 Å². The summed E-state index contributed by atoms with van der Waals surface area (Å²) >= 11 is 1.58. The summed E-state index contributed by atoms with van der Waals surface area (Å²) in [6, 6.07) is 21.2. The molecule has 2 bridgehead atoms. The van der Waals surface area contributed by atoms with E-state index in [-0.39, 0.29) is 55.6 Å². The van der Waals surface area contributed by atoms with Gasteiger partial charge in [0.15, 0.2) is 5.82 Å². The Morgan fingerprint density at radius 3 is 2.24 bits per heavy atom. The number of aliphatic hydroxyl groups is 1. The van der Waals surface area contributed by atoms with E-state index in [9.17, 15) is 24.6 Å². The number of benzene rings is 3. The number of β-amino-alcohol motifs (C(OH)–C–C–N with tert-alkyl or cyclic N) is 1. The van der Waals surface area contributed by atoms with Crippen molar-refractivity contribution < 1.29 is 24.6 Å². The number of hydrogen-bond acceptors (Lipinski definition) is 14. The second kappa shape index (κ2) is 19.0. The number of aliphatic hydroxyl groups excluding tert-OH is 1. The molecule has 3 fully saturated rings. The van der Waals surface area contributed by atoms with Gasteiger partial charge >= 0.3 is 0 Å². The smallest absolute Gasteiger partial charge is 0.246 e. The number of carbonyl (C=O) groups excluding carboxylic acids is 3. The first kappa shape index (κ1) is 46.1. The van der Waals surface area contributed by atoms with Crippen molar-refractivity contribution in [2.45, 2.75) is 97.1 Å². The Labute approximate surface area is 399 Å². The fraction of sp³-hybridized carbons (Fsp3) is 0.373. The van der Waals surface area contributed by atoms with Gasteiger partial charge in [-0.2, -0.15) is 0 Å². The first-order chi connectivity index (χ1) is 32.6.